The first-order valence-electron chi connectivity index (χ1n) is 6.71. The van der Waals surface area contributed by atoms with Gasteiger partial charge in [0, 0.05) is 10.9 Å². The first-order chi connectivity index (χ1) is 8.79. The van der Waals surface area contributed by atoms with Gasteiger partial charge in [-0.1, -0.05) is 37.5 Å². The molecular weight excluding hydrogens is 242 g/mol. The highest BCUT2D eigenvalue weighted by Gasteiger charge is 2.16. The van der Waals surface area contributed by atoms with Gasteiger partial charge in [-0.05, 0) is 30.7 Å². The van der Waals surface area contributed by atoms with E-state index in [1.54, 1.807) is 11.8 Å². The van der Waals surface area contributed by atoms with Crippen molar-refractivity contribution in [3.05, 3.63) is 29.8 Å². The summed E-state index contributed by atoms with van der Waals surface area (Å²) >= 11 is 1.70. The molecule has 1 aliphatic carbocycles. The highest BCUT2D eigenvalue weighted by atomic mass is 32.2. The summed E-state index contributed by atoms with van der Waals surface area (Å²) < 4.78 is 0. The molecule has 18 heavy (non-hydrogen) atoms. The van der Waals surface area contributed by atoms with E-state index in [0.717, 1.165) is 18.4 Å². The number of nitrogens with one attached hydrogen (secondary N) is 1. The van der Waals surface area contributed by atoms with Gasteiger partial charge >= 0.3 is 0 Å². The van der Waals surface area contributed by atoms with Gasteiger partial charge < -0.3 is 5.32 Å². The summed E-state index contributed by atoms with van der Waals surface area (Å²) in [4.78, 5) is 13.2. The Balaban J connectivity index is 1.90. The predicted octanol–water partition coefficient (Wildman–Crippen LogP) is 3.40. The molecular formula is C15H21NOS. The lowest BCUT2D eigenvalue weighted by Gasteiger charge is -2.22. The zero-order valence-electron chi connectivity index (χ0n) is 10.9. The van der Waals surface area contributed by atoms with E-state index in [4.69, 9.17) is 0 Å². The molecule has 1 fully saturated rings. The lowest BCUT2D eigenvalue weighted by molar-refractivity contribution is -0.121. The van der Waals surface area contributed by atoms with Gasteiger partial charge in [0.2, 0.25) is 5.91 Å². The maximum atomic E-state index is 12.0. The summed E-state index contributed by atoms with van der Waals surface area (Å²) in [7, 11) is 0. The van der Waals surface area contributed by atoms with Crippen LogP contribution in [0.4, 0.5) is 0 Å². The summed E-state index contributed by atoms with van der Waals surface area (Å²) in [6.45, 7) is 0. The van der Waals surface area contributed by atoms with Crippen LogP contribution in [0.15, 0.2) is 29.2 Å². The molecule has 0 aromatic heterocycles. The number of benzene rings is 1. The maximum absolute atomic E-state index is 12.0. The molecule has 0 aliphatic heterocycles. The van der Waals surface area contributed by atoms with E-state index in [0.29, 0.717) is 12.5 Å². The van der Waals surface area contributed by atoms with Crippen LogP contribution in [0.3, 0.4) is 0 Å². The standard InChI is InChI=1S/C15H21NOS/c1-18-14-10-6-5-7-12(14)11-15(17)16-13-8-3-2-4-9-13/h5-7,10,13H,2-4,8-9,11H2,1H3,(H,16,17). The zero-order chi connectivity index (χ0) is 12.8. The Bertz CT molecular complexity index is 399. The Morgan fingerprint density at radius 3 is 2.72 bits per heavy atom. The first kappa shape index (κ1) is 13.5. The van der Waals surface area contributed by atoms with Crippen molar-refractivity contribution in [2.45, 2.75) is 49.5 Å². The average Bonchev–Trinajstić information content (AvgIpc) is 2.40. The van der Waals surface area contributed by atoms with Crippen LogP contribution in [0.1, 0.15) is 37.7 Å². The number of rotatable bonds is 4. The second kappa shape index (κ2) is 6.83. The molecule has 0 radical (unpaired) electrons. The third-order valence-electron chi connectivity index (χ3n) is 3.51. The van der Waals surface area contributed by atoms with E-state index in [1.165, 1.54) is 24.2 Å². The molecule has 0 atom stereocenters. The van der Waals surface area contributed by atoms with Crippen LogP contribution in [0.2, 0.25) is 0 Å². The second-order valence-corrected chi connectivity index (χ2v) is 5.74. The molecule has 0 bridgehead atoms. The van der Waals surface area contributed by atoms with Gasteiger partial charge in [-0.2, -0.15) is 0 Å². The molecule has 98 valence electrons. The first-order valence-corrected chi connectivity index (χ1v) is 7.93. The quantitative estimate of drug-likeness (QED) is 0.844. The van der Waals surface area contributed by atoms with Crippen molar-refractivity contribution in [2.75, 3.05) is 6.26 Å². The van der Waals surface area contributed by atoms with E-state index in [-0.39, 0.29) is 5.91 Å². The van der Waals surface area contributed by atoms with Crippen LogP contribution in [0.25, 0.3) is 0 Å². The van der Waals surface area contributed by atoms with Gasteiger partial charge in [0.1, 0.15) is 0 Å². The smallest absolute Gasteiger partial charge is 0.224 e. The normalized spacial score (nSPS) is 16.5. The Hall–Kier alpha value is -0.960. The summed E-state index contributed by atoms with van der Waals surface area (Å²) in [6.07, 6.45) is 8.69. The minimum Gasteiger partial charge on any atom is -0.353 e. The van der Waals surface area contributed by atoms with Crippen LogP contribution < -0.4 is 5.32 Å². The third-order valence-corrected chi connectivity index (χ3v) is 4.35. The monoisotopic (exact) mass is 263 g/mol. The molecule has 3 heteroatoms. The maximum Gasteiger partial charge on any atom is 0.224 e. The van der Waals surface area contributed by atoms with Crippen LogP contribution in [0, 0.1) is 0 Å². The van der Waals surface area contributed by atoms with Gasteiger partial charge in [0.15, 0.2) is 0 Å². The summed E-state index contributed by atoms with van der Waals surface area (Å²) in [5, 5.41) is 3.17. The zero-order valence-corrected chi connectivity index (χ0v) is 11.8. The summed E-state index contributed by atoms with van der Waals surface area (Å²) in [5.74, 6) is 0.170. The van der Waals surface area contributed by atoms with E-state index in [1.807, 2.05) is 18.2 Å². The molecule has 0 saturated heterocycles. The number of thioether (sulfide) groups is 1. The number of carbonyl (C=O) groups is 1. The Morgan fingerprint density at radius 1 is 1.28 bits per heavy atom. The molecule has 1 amide bonds. The third kappa shape index (κ3) is 3.77. The van der Waals surface area contributed by atoms with Crippen molar-refractivity contribution < 1.29 is 4.79 Å². The van der Waals surface area contributed by atoms with Crippen LogP contribution >= 0.6 is 11.8 Å². The Labute approximate surface area is 114 Å². The van der Waals surface area contributed by atoms with E-state index < -0.39 is 0 Å². The number of carbonyl (C=O) groups excluding carboxylic acids is 1. The largest absolute Gasteiger partial charge is 0.353 e. The van der Waals surface area contributed by atoms with Gasteiger partial charge in [-0.15, -0.1) is 11.8 Å². The molecule has 2 nitrogen and oxygen atoms in total. The lowest BCUT2D eigenvalue weighted by Crippen LogP contribution is -2.37. The molecule has 0 unspecified atom stereocenters. The molecule has 1 saturated carbocycles. The van der Waals surface area contributed by atoms with Gasteiger partial charge in [-0.3, -0.25) is 4.79 Å². The number of hydrogen-bond donors (Lipinski definition) is 1. The fraction of sp³-hybridized carbons (Fsp3) is 0.533. The molecule has 1 aliphatic rings. The van der Waals surface area contributed by atoms with Crippen LogP contribution in [-0.4, -0.2) is 18.2 Å². The van der Waals surface area contributed by atoms with Crippen molar-refractivity contribution in [3.8, 4) is 0 Å². The molecule has 0 spiro atoms. The minimum atomic E-state index is 0.170. The number of amides is 1. The predicted molar refractivity (Wildman–Crippen MR) is 76.9 cm³/mol. The van der Waals surface area contributed by atoms with Crippen LogP contribution in [-0.2, 0) is 11.2 Å². The summed E-state index contributed by atoms with van der Waals surface area (Å²) in [5.41, 5.74) is 1.14. The number of hydrogen-bond acceptors (Lipinski definition) is 2. The minimum absolute atomic E-state index is 0.170. The Morgan fingerprint density at radius 2 is 2.00 bits per heavy atom. The van der Waals surface area contributed by atoms with Crippen molar-refractivity contribution in [3.63, 3.8) is 0 Å². The molecule has 1 aromatic rings. The van der Waals surface area contributed by atoms with Crippen molar-refractivity contribution in [1.29, 1.82) is 0 Å². The van der Waals surface area contributed by atoms with E-state index in [9.17, 15) is 4.79 Å². The molecule has 0 heterocycles. The fourth-order valence-corrected chi connectivity index (χ4v) is 3.16. The summed E-state index contributed by atoms with van der Waals surface area (Å²) in [6, 6.07) is 8.56. The molecule has 1 N–H and O–H groups in total. The molecule has 1 aromatic carbocycles. The van der Waals surface area contributed by atoms with E-state index in [2.05, 4.69) is 17.6 Å². The van der Waals surface area contributed by atoms with Gasteiger partial charge in [-0.25, -0.2) is 0 Å². The van der Waals surface area contributed by atoms with Crippen molar-refractivity contribution >= 4 is 17.7 Å². The SMILES string of the molecule is CSc1ccccc1CC(=O)NC1CCCCC1. The van der Waals surface area contributed by atoms with Crippen molar-refractivity contribution in [1.82, 2.24) is 5.32 Å². The molecule has 2 rings (SSSR count). The van der Waals surface area contributed by atoms with E-state index >= 15 is 0 Å². The van der Waals surface area contributed by atoms with Crippen molar-refractivity contribution in [2.24, 2.45) is 0 Å². The lowest BCUT2D eigenvalue weighted by atomic mass is 9.95. The average molecular weight is 263 g/mol. The fourth-order valence-electron chi connectivity index (χ4n) is 2.55. The van der Waals surface area contributed by atoms with Gasteiger partial charge in [0.05, 0.1) is 6.42 Å². The highest BCUT2D eigenvalue weighted by Crippen LogP contribution is 2.21. The second-order valence-electron chi connectivity index (χ2n) is 4.89. The Kier molecular flexibility index (Phi) is 5.12. The topological polar surface area (TPSA) is 29.1 Å². The van der Waals surface area contributed by atoms with Crippen LogP contribution in [0.5, 0.6) is 0 Å². The highest BCUT2D eigenvalue weighted by molar-refractivity contribution is 7.98. The van der Waals surface area contributed by atoms with Gasteiger partial charge in [0.25, 0.3) is 0 Å².